The molecule has 0 aliphatic heterocycles. The zero-order valence-corrected chi connectivity index (χ0v) is 9.15. The molecule has 80 valence electrons. The van der Waals surface area contributed by atoms with E-state index in [1.807, 2.05) is 37.3 Å². The van der Waals surface area contributed by atoms with Gasteiger partial charge in [-0.15, -0.1) is 0 Å². The van der Waals surface area contributed by atoms with Crippen LogP contribution in [0.3, 0.4) is 0 Å². The highest BCUT2D eigenvalue weighted by Gasteiger charge is 2.07. The first kappa shape index (κ1) is 11.5. The fourth-order valence-electron chi connectivity index (χ4n) is 1.45. The Morgan fingerprint density at radius 3 is 2.60 bits per heavy atom. The van der Waals surface area contributed by atoms with E-state index < -0.39 is 0 Å². The van der Waals surface area contributed by atoms with Crippen molar-refractivity contribution in [2.75, 3.05) is 6.54 Å². The number of carbonyl (C=O) groups is 1. The zero-order valence-electron chi connectivity index (χ0n) is 9.15. The number of benzene rings is 1. The Labute approximate surface area is 91.2 Å². The highest BCUT2D eigenvalue weighted by molar-refractivity contribution is 5.77. The molecule has 15 heavy (non-hydrogen) atoms. The predicted octanol–water partition coefficient (Wildman–Crippen LogP) is 2.61. The first-order chi connectivity index (χ1) is 7.27. The number of hydrogen-bond donors (Lipinski definition) is 0. The van der Waals surface area contributed by atoms with E-state index in [1.165, 1.54) is 5.56 Å². The fraction of sp³-hybridized carbons (Fsp3) is 0.308. The van der Waals surface area contributed by atoms with Crippen molar-refractivity contribution in [3.8, 4) is 0 Å². The van der Waals surface area contributed by atoms with Crippen molar-refractivity contribution in [2.45, 2.75) is 19.8 Å². The first-order valence-corrected chi connectivity index (χ1v) is 5.24. The molecule has 0 atom stereocenters. The van der Waals surface area contributed by atoms with Crippen LogP contribution in [0.1, 0.15) is 18.9 Å². The molecule has 2 nitrogen and oxygen atoms in total. The van der Waals surface area contributed by atoms with E-state index in [0.717, 1.165) is 6.42 Å². The van der Waals surface area contributed by atoms with Crippen LogP contribution in [-0.4, -0.2) is 17.4 Å². The van der Waals surface area contributed by atoms with Crippen LogP contribution < -0.4 is 0 Å². The lowest BCUT2D eigenvalue weighted by Gasteiger charge is -2.15. The summed E-state index contributed by atoms with van der Waals surface area (Å²) in [6.07, 6.45) is 2.93. The maximum Gasteiger partial charge on any atom is 0.226 e. The monoisotopic (exact) mass is 203 g/mol. The second-order valence-corrected chi connectivity index (χ2v) is 3.35. The van der Waals surface area contributed by atoms with Gasteiger partial charge in [0.05, 0.1) is 0 Å². The van der Waals surface area contributed by atoms with Gasteiger partial charge >= 0.3 is 0 Å². The number of rotatable bonds is 5. The molecule has 0 radical (unpaired) electrons. The van der Waals surface area contributed by atoms with Crippen LogP contribution in [0.2, 0.25) is 0 Å². The maximum atomic E-state index is 11.6. The molecule has 1 amide bonds. The molecule has 0 fully saturated rings. The molecule has 0 bridgehead atoms. The lowest BCUT2D eigenvalue weighted by atomic mass is 10.1. The molecule has 0 aliphatic carbocycles. The smallest absolute Gasteiger partial charge is 0.226 e. The minimum absolute atomic E-state index is 0.136. The van der Waals surface area contributed by atoms with Gasteiger partial charge in [0.15, 0.2) is 0 Å². The van der Waals surface area contributed by atoms with E-state index in [0.29, 0.717) is 13.0 Å². The molecule has 1 rings (SSSR count). The van der Waals surface area contributed by atoms with E-state index in [-0.39, 0.29) is 5.91 Å². The van der Waals surface area contributed by atoms with Crippen molar-refractivity contribution < 1.29 is 4.79 Å². The van der Waals surface area contributed by atoms with Gasteiger partial charge < -0.3 is 4.90 Å². The maximum absolute atomic E-state index is 11.6. The lowest BCUT2D eigenvalue weighted by Crippen LogP contribution is -2.25. The summed E-state index contributed by atoms with van der Waals surface area (Å²) in [5, 5.41) is 0. The second kappa shape index (κ2) is 6.02. The van der Waals surface area contributed by atoms with E-state index in [9.17, 15) is 4.79 Å². The zero-order chi connectivity index (χ0) is 11.1. The number of carbonyl (C=O) groups excluding carboxylic acids is 1. The van der Waals surface area contributed by atoms with Gasteiger partial charge in [0.25, 0.3) is 0 Å². The summed E-state index contributed by atoms with van der Waals surface area (Å²) in [6, 6.07) is 10.0. The molecule has 0 saturated heterocycles. The summed E-state index contributed by atoms with van der Waals surface area (Å²) >= 11 is 0. The number of aryl methyl sites for hydroxylation is 1. The fourth-order valence-corrected chi connectivity index (χ4v) is 1.45. The van der Waals surface area contributed by atoms with Crippen LogP contribution in [0.5, 0.6) is 0 Å². The first-order valence-electron chi connectivity index (χ1n) is 5.24. The third-order valence-corrected chi connectivity index (χ3v) is 2.35. The van der Waals surface area contributed by atoms with Crippen LogP contribution >= 0.6 is 0 Å². The largest absolute Gasteiger partial charge is 0.320 e. The summed E-state index contributed by atoms with van der Waals surface area (Å²) in [4.78, 5) is 13.3. The SMILES string of the molecule is C=CN(CC)C(=O)CCc1ccccc1. The summed E-state index contributed by atoms with van der Waals surface area (Å²) < 4.78 is 0. The van der Waals surface area contributed by atoms with Crippen molar-refractivity contribution >= 4 is 5.91 Å². The average Bonchev–Trinajstić information content (AvgIpc) is 2.29. The normalized spacial score (nSPS) is 9.67. The molecule has 0 aliphatic rings. The Balaban J connectivity index is 2.44. The van der Waals surface area contributed by atoms with Gasteiger partial charge in [0, 0.05) is 13.0 Å². The molecule has 0 heterocycles. The third-order valence-electron chi connectivity index (χ3n) is 2.35. The molecule has 0 saturated carbocycles. The molecule has 0 unspecified atom stereocenters. The van der Waals surface area contributed by atoms with Gasteiger partial charge in [0.2, 0.25) is 5.91 Å². The highest BCUT2D eigenvalue weighted by atomic mass is 16.2. The lowest BCUT2D eigenvalue weighted by molar-refractivity contribution is -0.128. The average molecular weight is 203 g/mol. The summed E-state index contributed by atoms with van der Waals surface area (Å²) in [6.45, 7) is 6.25. The predicted molar refractivity (Wildman–Crippen MR) is 62.3 cm³/mol. The van der Waals surface area contributed by atoms with Crippen molar-refractivity contribution in [1.29, 1.82) is 0 Å². The molecule has 0 N–H and O–H groups in total. The molecular weight excluding hydrogens is 186 g/mol. The standard InChI is InChI=1S/C13H17NO/c1-3-14(4-2)13(15)11-10-12-8-6-5-7-9-12/h3,5-9H,1,4,10-11H2,2H3. The van der Waals surface area contributed by atoms with Crippen LogP contribution in [0, 0.1) is 0 Å². The minimum Gasteiger partial charge on any atom is -0.320 e. The van der Waals surface area contributed by atoms with Gasteiger partial charge in [-0.3, -0.25) is 4.79 Å². The Hall–Kier alpha value is -1.57. The molecule has 1 aromatic rings. The highest BCUT2D eigenvalue weighted by Crippen LogP contribution is 2.04. The molecule has 2 heteroatoms. The summed E-state index contributed by atoms with van der Waals surface area (Å²) in [5.74, 6) is 0.136. The van der Waals surface area contributed by atoms with Crippen LogP contribution in [-0.2, 0) is 11.2 Å². The Kier molecular flexibility index (Phi) is 4.61. The van der Waals surface area contributed by atoms with Gasteiger partial charge in [-0.05, 0) is 25.1 Å². The van der Waals surface area contributed by atoms with Gasteiger partial charge in [-0.2, -0.15) is 0 Å². The summed E-state index contributed by atoms with van der Waals surface area (Å²) in [5.41, 5.74) is 1.20. The quantitative estimate of drug-likeness (QED) is 0.720. The Morgan fingerprint density at radius 2 is 2.07 bits per heavy atom. The van der Waals surface area contributed by atoms with Crippen molar-refractivity contribution in [1.82, 2.24) is 4.90 Å². The number of nitrogens with zero attached hydrogens (tertiary/aromatic N) is 1. The molecular formula is C13H17NO. The van der Waals surface area contributed by atoms with Gasteiger partial charge in [-0.1, -0.05) is 36.9 Å². The van der Waals surface area contributed by atoms with Gasteiger partial charge in [-0.25, -0.2) is 0 Å². The van der Waals surface area contributed by atoms with E-state index in [1.54, 1.807) is 11.1 Å². The molecule has 0 spiro atoms. The van der Waals surface area contributed by atoms with Crippen molar-refractivity contribution in [3.05, 3.63) is 48.7 Å². The van der Waals surface area contributed by atoms with E-state index in [2.05, 4.69) is 6.58 Å². The van der Waals surface area contributed by atoms with Crippen molar-refractivity contribution in [3.63, 3.8) is 0 Å². The number of hydrogen-bond acceptors (Lipinski definition) is 1. The second-order valence-electron chi connectivity index (χ2n) is 3.35. The molecule has 0 aromatic heterocycles. The van der Waals surface area contributed by atoms with E-state index >= 15 is 0 Å². The van der Waals surface area contributed by atoms with Gasteiger partial charge in [0.1, 0.15) is 0 Å². The topological polar surface area (TPSA) is 20.3 Å². The molecule has 1 aromatic carbocycles. The van der Waals surface area contributed by atoms with E-state index in [4.69, 9.17) is 0 Å². The minimum atomic E-state index is 0.136. The van der Waals surface area contributed by atoms with Crippen molar-refractivity contribution in [2.24, 2.45) is 0 Å². The third kappa shape index (κ3) is 3.58. The number of amides is 1. The Morgan fingerprint density at radius 1 is 1.40 bits per heavy atom. The van der Waals surface area contributed by atoms with Crippen LogP contribution in [0.15, 0.2) is 43.1 Å². The Bertz CT molecular complexity index is 319. The van der Waals surface area contributed by atoms with Crippen LogP contribution in [0.25, 0.3) is 0 Å². The van der Waals surface area contributed by atoms with Crippen LogP contribution in [0.4, 0.5) is 0 Å². The summed E-state index contributed by atoms with van der Waals surface area (Å²) in [7, 11) is 0.